The van der Waals surface area contributed by atoms with Gasteiger partial charge in [-0.25, -0.2) is 18.4 Å². The summed E-state index contributed by atoms with van der Waals surface area (Å²) < 4.78 is 22.8. The number of thiol groups is 1. The Hall–Kier alpha value is -2.82. The summed E-state index contributed by atoms with van der Waals surface area (Å²) in [7, 11) is -4.04. The van der Waals surface area contributed by atoms with E-state index in [1.807, 2.05) is 37.3 Å². The lowest BCUT2D eigenvalue weighted by Gasteiger charge is -2.12. The van der Waals surface area contributed by atoms with Crippen LogP contribution in [0, 0.1) is 0 Å². The van der Waals surface area contributed by atoms with Crippen molar-refractivity contribution in [1.29, 1.82) is 0 Å². The summed E-state index contributed by atoms with van der Waals surface area (Å²) >= 11 is 4.08. The van der Waals surface area contributed by atoms with Crippen LogP contribution in [0.15, 0.2) is 64.4 Å². The van der Waals surface area contributed by atoms with Gasteiger partial charge in [0.15, 0.2) is 0 Å². The van der Waals surface area contributed by atoms with Crippen molar-refractivity contribution in [3.63, 3.8) is 0 Å². The van der Waals surface area contributed by atoms with Crippen molar-refractivity contribution < 1.29 is 23.1 Å². The second-order valence-electron chi connectivity index (χ2n) is 5.72. The van der Waals surface area contributed by atoms with E-state index in [-0.39, 0.29) is 21.3 Å². The van der Waals surface area contributed by atoms with Crippen LogP contribution in [0.4, 0.5) is 11.4 Å². The van der Waals surface area contributed by atoms with Crippen molar-refractivity contribution in [3.05, 3.63) is 60.2 Å². The van der Waals surface area contributed by atoms with E-state index in [4.69, 9.17) is 10.2 Å². The first kappa shape index (κ1) is 24.2. The highest BCUT2D eigenvalue weighted by Crippen LogP contribution is 2.29. The van der Waals surface area contributed by atoms with Gasteiger partial charge in [-0.05, 0) is 31.2 Å². The molecule has 0 aliphatic carbocycles. The smallest absolute Gasteiger partial charge is 0.335 e. The van der Waals surface area contributed by atoms with Gasteiger partial charge in [-0.3, -0.25) is 4.79 Å². The van der Waals surface area contributed by atoms with Crippen LogP contribution < -0.4 is 15.8 Å². The fourth-order valence-corrected chi connectivity index (χ4v) is 3.36. The maximum atomic E-state index is 11.4. The van der Waals surface area contributed by atoms with Crippen LogP contribution in [-0.2, 0) is 14.8 Å². The summed E-state index contributed by atoms with van der Waals surface area (Å²) in [6, 6.07) is 11.7. The fourth-order valence-electron chi connectivity index (χ4n) is 2.09. The van der Waals surface area contributed by atoms with E-state index in [1.54, 1.807) is 12.2 Å². The van der Waals surface area contributed by atoms with E-state index < -0.39 is 16.0 Å². The summed E-state index contributed by atoms with van der Waals surface area (Å²) in [5.41, 5.74) is 0.963. The standard InChI is InChI=1S/C11H14N2O4S2.C8H9NO/c1-2-3-4-13-8-5-7(11(14)15)6-9(10(8)18)19(12,16)17;1-7(10)9-8-5-3-2-4-6-8/h2-3,5-6,13,18H,4H2,1H3,(H,14,15)(H2,12,16,17);2-6H,1H3,(H,9,10). The molecule has 0 radical (unpaired) electrons. The molecule has 0 saturated carbocycles. The van der Waals surface area contributed by atoms with E-state index in [2.05, 4.69) is 23.3 Å². The average molecular weight is 438 g/mol. The number of allylic oxidation sites excluding steroid dienone is 1. The summed E-state index contributed by atoms with van der Waals surface area (Å²) in [6.45, 7) is 3.73. The molecule has 5 N–H and O–H groups in total. The number of nitrogens with two attached hydrogens (primary N) is 1. The van der Waals surface area contributed by atoms with E-state index in [0.717, 1.165) is 11.8 Å². The molecular formula is C19H23N3O5S2. The van der Waals surface area contributed by atoms with Crippen molar-refractivity contribution >= 4 is 45.9 Å². The fraction of sp³-hybridized carbons (Fsp3) is 0.158. The average Bonchev–Trinajstić information content (AvgIpc) is 2.63. The molecule has 0 aliphatic heterocycles. The molecule has 0 unspecified atom stereocenters. The lowest BCUT2D eigenvalue weighted by atomic mass is 10.2. The van der Waals surface area contributed by atoms with Crippen LogP contribution >= 0.6 is 12.6 Å². The number of para-hydroxylation sites is 1. The summed E-state index contributed by atoms with van der Waals surface area (Å²) in [5, 5.41) is 19.5. The molecule has 0 aromatic heterocycles. The van der Waals surface area contributed by atoms with Crippen LogP contribution in [0.3, 0.4) is 0 Å². The molecule has 2 aromatic carbocycles. The maximum absolute atomic E-state index is 11.4. The molecule has 156 valence electrons. The van der Waals surface area contributed by atoms with Crippen LogP contribution in [-0.4, -0.2) is 31.9 Å². The number of hydrogen-bond donors (Lipinski definition) is 5. The molecule has 0 saturated heterocycles. The Labute approximate surface area is 175 Å². The predicted octanol–water partition coefficient (Wildman–Crippen LogP) is 2.95. The lowest BCUT2D eigenvalue weighted by molar-refractivity contribution is -0.114. The van der Waals surface area contributed by atoms with Crippen LogP contribution in [0.25, 0.3) is 0 Å². The van der Waals surface area contributed by atoms with Gasteiger partial charge in [0, 0.05) is 24.1 Å². The minimum atomic E-state index is -4.04. The molecule has 0 fully saturated rings. The maximum Gasteiger partial charge on any atom is 0.335 e. The normalized spacial score (nSPS) is 10.8. The largest absolute Gasteiger partial charge is 0.478 e. The molecule has 10 heteroatoms. The molecule has 0 bridgehead atoms. The van der Waals surface area contributed by atoms with Gasteiger partial charge in [0.05, 0.1) is 16.1 Å². The van der Waals surface area contributed by atoms with Gasteiger partial charge < -0.3 is 15.7 Å². The minimum absolute atomic E-state index is 0.0359. The Morgan fingerprint density at radius 2 is 1.83 bits per heavy atom. The van der Waals surface area contributed by atoms with Gasteiger partial charge in [0.2, 0.25) is 15.9 Å². The van der Waals surface area contributed by atoms with E-state index in [1.165, 1.54) is 13.0 Å². The molecule has 0 aliphatic rings. The van der Waals surface area contributed by atoms with Crippen molar-refractivity contribution in [2.24, 2.45) is 5.14 Å². The summed E-state index contributed by atoms with van der Waals surface area (Å²) in [6.07, 6.45) is 3.59. The zero-order valence-electron chi connectivity index (χ0n) is 15.9. The predicted molar refractivity (Wildman–Crippen MR) is 116 cm³/mol. The quantitative estimate of drug-likeness (QED) is 0.348. The van der Waals surface area contributed by atoms with Gasteiger partial charge >= 0.3 is 5.97 Å². The van der Waals surface area contributed by atoms with Crippen LogP contribution in [0.1, 0.15) is 24.2 Å². The zero-order valence-corrected chi connectivity index (χ0v) is 17.6. The van der Waals surface area contributed by atoms with Crippen LogP contribution in [0.2, 0.25) is 0 Å². The molecule has 8 nitrogen and oxygen atoms in total. The highest BCUT2D eigenvalue weighted by molar-refractivity contribution is 7.90. The Morgan fingerprint density at radius 1 is 1.21 bits per heavy atom. The minimum Gasteiger partial charge on any atom is -0.478 e. The molecular weight excluding hydrogens is 414 g/mol. The summed E-state index contributed by atoms with van der Waals surface area (Å²) in [4.78, 5) is 21.2. The molecule has 0 heterocycles. The Balaban J connectivity index is 0.000000352. The third-order valence-electron chi connectivity index (χ3n) is 3.37. The monoisotopic (exact) mass is 437 g/mol. The number of primary sulfonamides is 1. The Morgan fingerprint density at radius 3 is 2.31 bits per heavy atom. The van der Waals surface area contributed by atoms with E-state index >= 15 is 0 Å². The van der Waals surface area contributed by atoms with E-state index in [0.29, 0.717) is 12.2 Å². The number of carbonyl (C=O) groups excluding carboxylic acids is 1. The van der Waals surface area contributed by atoms with E-state index in [9.17, 15) is 18.0 Å². The number of sulfonamides is 1. The highest BCUT2D eigenvalue weighted by atomic mass is 32.2. The van der Waals surface area contributed by atoms with Crippen molar-refractivity contribution in [1.82, 2.24) is 0 Å². The van der Waals surface area contributed by atoms with Gasteiger partial charge in [-0.1, -0.05) is 30.4 Å². The third-order valence-corrected chi connectivity index (χ3v) is 4.94. The number of amides is 1. The Bertz CT molecular complexity index is 990. The van der Waals surface area contributed by atoms with Crippen molar-refractivity contribution in [2.45, 2.75) is 23.6 Å². The highest BCUT2D eigenvalue weighted by Gasteiger charge is 2.19. The molecule has 0 atom stereocenters. The topological polar surface area (TPSA) is 139 Å². The molecule has 29 heavy (non-hydrogen) atoms. The third kappa shape index (κ3) is 8.38. The number of hydrogen-bond acceptors (Lipinski definition) is 6. The number of carboxylic acid groups (broad SMARTS) is 1. The first-order chi connectivity index (χ1) is 13.6. The zero-order chi connectivity index (χ0) is 22.0. The number of nitrogens with one attached hydrogen (secondary N) is 2. The number of benzene rings is 2. The molecule has 2 rings (SSSR count). The van der Waals surface area contributed by atoms with Gasteiger partial charge in [-0.2, -0.15) is 0 Å². The van der Waals surface area contributed by atoms with Crippen LogP contribution in [0.5, 0.6) is 0 Å². The molecule has 1 amide bonds. The summed E-state index contributed by atoms with van der Waals surface area (Å²) in [5.74, 6) is -1.28. The van der Waals surface area contributed by atoms with Crippen molar-refractivity contribution in [2.75, 3.05) is 17.2 Å². The molecule has 2 aromatic rings. The van der Waals surface area contributed by atoms with Crippen molar-refractivity contribution in [3.8, 4) is 0 Å². The first-order valence-electron chi connectivity index (χ1n) is 8.37. The number of rotatable bonds is 6. The number of carbonyl (C=O) groups is 2. The first-order valence-corrected chi connectivity index (χ1v) is 10.4. The van der Waals surface area contributed by atoms with Gasteiger partial charge in [0.25, 0.3) is 0 Å². The second kappa shape index (κ2) is 11.2. The molecule has 0 spiro atoms. The lowest BCUT2D eigenvalue weighted by Crippen LogP contribution is -2.15. The Kier molecular flexibility index (Phi) is 9.39. The second-order valence-corrected chi connectivity index (χ2v) is 7.69. The van der Waals surface area contributed by atoms with Gasteiger partial charge in [0.1, 0.15) is 0 Å². The number of anilines is 2. The van der Waals surface area contributed by atoms with Gasteiger partial charge in [-0.15, -0.1) is 12.6 Å². The SMILES string of the molecule is CC(=O)Nc1ccccc1.CC=CCNc1cc(C(=O)O)cc(S(N)(=O)=O)c1S. The number of aromatic carboxylic acids is 1. The number of carboxylic acids is 1.